The Bertz CT molecular complexity index is 1460. The topological polar surface area (TPSA) is 135 Å². The summed E-state index contributed by atoms with van der Waals surface area (Å²) < 4.78 is 17.0. The van der Waals surface area contributed by atoms with Crippen LogP contribution in [0.15, 0.2) is 57.2 Å². The quantitative estimate of drug-likeness (QED) is 0.599. The highest BCUT2D eigenvalue weighted by Crippen LogP contribution is 2.39. The summed E-state index contributed by atoms with van der Waals surface area (Å²) in [5.41, 5.74) is -0.765. The third-order valence-corrected chi connectivity index (χ3v) is 5.72. The molecule has 174 valence electrons. The molecule has 2 N–H and O–H groups in total. The van der Waals surface area contributed by atoms with E-state index in [-0.39, 0.29) is 36.1 Å². The van der Waals surface area contributed by atoms with Gasteiger partial charge in [-0.05, 0) is 29.8 Å². The van der Waals surface area contributed by atoms with Gasteiger partial charge in [0.1, 0.15) is 11.3 Å². The number of nitrogens with one attached hydrogen (secondary N) is 1. The van der Waals surface area contributed by atoms with Crippen molar-refractivity contribution in [3.63, 3.8) is 0 Å². The lowest BCUT2D eigenvalue weighted by molar-refractivity contribution is -0.130. The minimum absolute atomic E-state index is 0.107. The molecule has 0 saturated heterocycles. The van der Waals surface area contributed by atoms with Gasteiger partial charge in [0.05, 0.1) is 24.6 Å². The fraction of sp³-hybridized carbons (Fsp3) is 0.217. The largest absolute Gasteiger partial charge is 0.495 e. The maximum atomic E-state index is 12.8. The van der Waals surface area contributed by atoms with Crippen LogP contribution in [0.25, 0.3) is 5.69 Å². The molecule has 0 fully saturated rings. The molecular formula is C23H20N4O7. The molecule has 2 aromatic carbocycles. The number of fused-ring (bicyclic) bond motifs is 1. The van der Waals surface area contributed by atoms with E-state index in [4.69, 9.17) is 14.2 Å². The maximum Gasteiger partial charge on any atom is 0.335 e. The summed E-state index contributed by atoms with van der Waals surface area (Å²) in [7, 11) is 1.43. The minimum atomic E-state index is -0.843. The normalized spacial score (nSPS) is 16.5. The first kappa shape index (κ1) is 21.3. The molecule has 2 aliphatic heterocycles. The maximum absolute atomic E-state index is 12.8. The average molecular weight is 464 g/mol. The van der Waals surface area contributed by atoms with Crippen LogP contribution in [0.2, 0.25) is 0 Å². The Morgan fingerprint density at radius 3 is 2.71 bits per heavy atom. The van der Waals surface area contributed by atoms with E-state index in [0.29, 0.717) is 22.8 Å². The molecule has 3 aromatic rings. The van der Waals surface area contributed by atoms with Crippen LogP contribution in [0.5, 0.6) is 23.1 Å². The number of methoxy groups -OCH3 is 1. The summed E-state index contributed by atoms with van der Waals surface area (Å²) >= 11 is 0. The highest BCUT2D eigenvalue weighted by molar-refractivity contribution is 6.04. The smallest absolute Gasteiger partial charge is 0.335 e. The SMILES string of the molecule is COc1ccccc1-n1c(O)c(C2=NN(C(C)=O)[C@H](c3ccc4c(c3)OCO4)C2)c(=O)[nH]c1=O. The highest BCUT2D eigenvalue weighted by atomic mass is 16.7. The zero-order chi connectivity index (χ0) is 24.0. The van der Waals surface area contributed by atoms with E-state index < -0.39 is 23.2 Å². The summed E-state index contributed by atoms with van der Waals surface area (Å²) in [5.74, 6) is 0.489. The van der Waals surface area contributed by atoms with Crippen LogP contribution >= 0.6 is 0 Å². The van der Waals surface area contributed by atoms with Crippen LogP contribution in [-0.2, 0) is 4.79 Å². The molecule has 0 unspecified atom stereocenters. The number of benzene rings is 2. The molecule has 1 amide bonds. The Morgan fingerprint density at radius 1 is 1.18 bits per heavy atom. The standard InChI is InChI=1S/C23H20N4O7/c1-12(28)27-16(13-7-8-18-19(9-13)34-11-33-18)10-14(25-27)20-21(29)24-23(31)26(22(20)30)15-5-3-4-6-17(15)32-2/h3-9,16,30H,10-11H2,1-2H3,(H,24,29,31)/t16-/m0/s1. The van der Waals surface area contributed by atoms with E-state index in [1.807, 2.05) is 0 Å². The van der Waals surface area contributed by atoms with Crippen LogP contribution in [0, 0.1) is 0 Å². The molecule has 0 saturated carbocycles. The van der Waals surface area contributed by atoms with Gasteiger partial charge in [-0.3, -0.25) is 14.6 Å². The Hall–Kier alpha value is -4.54. The number of carbonyl (C=O) groups is 1. The first-order chi connectivity index (χ1) is 16.4. The van der Waals surface area contributed by atoms with Crippen molar-refractivity contribution < 1.29 is 24.1 Å². The number of H-pyrrole nitrogens is 1. The molecule has 34 heavy (non-hydrogen) atoms. The van der Waals surface area contributed by atoms with Gasteiger partial charge in [0.2, 0.25) is 18.6 Å². The van der Waals surface area contributed by atoms with Crippen LogP contribution in [0.1, 0.15) is 30.5 Å². The van der Waals surface area contributed by atoms with Gasteiger partial charge in [0, 0.05) is 13.3 Å². The number of hydrogen-bond donors (Lipinski definition) is 2. The molecular weight excluding hydrogens is 444 g/mol. The Kier molecular flexibility index (Phi) is 5.08. The van der Waals surface area contributed by atoms with Gasteiger partial charge in [0.25, 0.3) is 5.56 Å². The monoisotopic (exact) mass is 464 g/mol. The van der Waals surface area contributed by atoms with Gasteiger partial charge in [-0.25, -0.2) is 14.4 Å². The second kappa shape index (κ2) is 8.10. The first-order valence-corrected chi connectivity index (χ1v) is 10.4. The molecule has 0 aliphatic carbocycles. The number of ether oxygens (including phenoxy) is 3. The van der Waals surface area contributed by atoms with E-state index in [2.05, 4.69) is 10.1 Å². The number of hydrazone groups is 1. The highest BCUT2D eigenvalue weighted by Gasteiger charge is 2.35. The fourth-order valence-electron chi connectivity index (χ4n) is 4.15. The van der Waals surface area contributed by atoms with Crippen molar-refractivity contribution in [2.75, 3.05) is 13.9 Å². The van der Waals surface area contributed by atoms with E-state index in [1.165, 1.54) is 19.0 Å². The lowest BCUT2D eigenvalue weighted by atomic mass is 9.98. The number of aromatic amines is 1. The van der Waals surface area contributed by atoms with E-state index in [9.17, 15) is 19.5 Å². The first-order valence-electron chi connectivity index (χ1n) is 10.4. The van der Waals surface area contributed by atoms with E-state index in [1.54, 1.807) is 42.5 Å². The van der Waals surface area contributed by atoms with Crippen LogP contribution in [-0.4, -0.2) is 45.2 Å². The lowest BCUT2D eigenvalue weighted by Crippen LogP contribution is -2.33. The van der Waals surface area contributed by atoms with E-state index in [0.717, 1.165) is 4.57 Å². The molecule has 11 heteroatoms. The van der Waals surface area contributed by atoms with Gasteiger partial charge in [-0.1, -0.05) is 18.2 Å². The van der Waals surface area contributed by atoms with Crippen molar-refractivity contribution in [1.82, 2.24) is 14.6 Å². The molecule has 1 aromatic heterocycles. The molecule has 3 heterocycles. The average Bonchev–Trinajstić information content (AvgIpc) is 3.46. The number of nitrogens with zero attached hydrogens (tertiary/aromatic N) is 3. The lowest BCUT2D eigenvalue weighted by Gasteiger charge is -2.20. The van der Waals surface area contributed by atoms with Crippen molar-refractivity contribution in [3.05, 3.63) is 74.4 Å². The van der Waals surface area contributed by atoms with E-state index >= 15 is 0 Å². The Labute approximate surface area is 192 Å². The zero-order valence-corrected chi connectivity index (χ0v) is 18.3. The summed E-state index contributed by atoms with van der Waals surface area (Å²) in [6, 6.07) is 11.3. The molecule has 1 atom stereocenters. The second-order valence-corrected chi connectivity index (χ2v) is 7.71. The number of rotatable bonds is 4. The molecule has 5 rings (SSSR count). The number of carbonyl (C=O) groups excluding carboxylic acids is 1. The Morgan fingerprint density at radius 2 is 1.94 bits per heavy atom. The second-order valence-electron chi connectivity index (χ2n) is 7.71. The van der Waals surface area contributed by atoms with Gasteiger partial charge in [-0.15, -0.1) is 0 Å². The van der Waals surface area contributed by atoms with Crippen LogP contribution in [0.3, 0.4) is 0 Å². The Balaban J connectivity index is 1.61. The number of aromatic hydroxyl groups is 1. The summed E-state index contributed by atoms with van der Waals surface area (Å²) in [6.45, 7) is 1.46. The fourth-order valence-corrected chi connectivity index (χ4v) is 4.15. The number of aromatic nitrogens is 2. The van der Waals surface area contributed by atoms with Crippen molar-refractivity contribution in [3.8, 4) is 28.8 Å². The molecule has 0 spiro atoms. The van der Waals surface area contributed by atoms with Crippen LogP contribution in [0.4, 0.5) is 0 Å². The van der Waals surface area contributed by atoms with Crippen LogP contribution < -0.4 is 25.5 Å². The molecule has 0 bridgehead atoms. The van der Waals surface area contributed by atoms with Crippen molar-refractivity contribution in [1.29, 1.82) is 0 Å². The van der Waals surface area contributed by atoms with Gasteiger partial charge in [-0.2, -0.15) is 5.10 Å². The van der Waals surface area contributed by atoms with Crippen molar-refractivity contribution >= 4 is 11.6 Å². The zero-order valence-electron chi connectivity index (χ0n) is 18.3. The number of amides is 1. The summed E-state index contributed by atoms with van der Waals surface area (Å²) in [5, 5.41) is 16.6. The summed E-state index contributed by atoms with van der Waals surface area (Å²) in [4.78, 5) is 40.0. The van der Waals surface area contributed by atoms with Gasteiger partial charge >= 0.3 is 5.69 Å². The third-order valence-electron chi connectivity index (χ3n) is 5.72. The predicted molar refractivity (Wildman–Crippen MR) is 120 cm³/mol. The van der Waals surface area contributed by atoms with Crippen molar-refractivity contribution in [2.24, 2.45) is 5.10 Å². The number of para-hydroxylation sites is 2. The number of hydrogen-bond acceptors (Lipinski definition) is 8. The molecule has 2 aliphatic rings. The third kappa shape index (κ3) is 3.38. The molecule has 11 nitrogen and oxygen atoms in total. The minimum Gasteiger partial charge on any atom is -0.495 e. The van der Waals surface area contributed by atoms with Gasteiger partial charge < -0.3 is 19.3 Å². The summed E-state index contributed by atoms with van der Waals surface area (Å²) in [6.07, 6.45) is 0.125. The van der Waals surface area contributed by atoms with Gasteiger partial charge in [0.15, 0.2) is 11.5 Å². The molecule has 0 radical (unpaired) electrons. The predicted octanol–water partition coefficient (Wildman–Crippen LogP) is 1.67. The van der Waals surface area contributed by atoms with Crippen molar-refractivity contribution in [2.45, 2.75) is 19.4 Å².